The van der Waals surface area contributed by atoms with Crippen molar-refractivity contribution in [3.63, 3.8) is 0 Å². The molecule has 0 unspecified atom stereocenters. The minimum atomic E-state index is -1.00. The average Bonchev–Trinajstić information content (AvgIpc) is 2.57. The lowest BCUT2D eigenvalue weighted by atomic mass is 9.94. The Morgan fingerprint density at radius 2 is 2.00 bits per heavy atom. The van der Waals surface area contributed by atoms with Crippen LogP contribution in [0.5, 0.6) is 0 Å². The second kappa shape index (κ2) is 4.16. The van der Waals surface area contributed by atoms with Crippen molar-refractivity contribution in [1.29, 1.82) is 0 Å². The van der Waals surface area contributed by atoms with E-state index in [9.17, 15) is 14.0 Å². The van der Waals surface area contributed by atoms with E-state index >= 15 is 0 Å². The number of hydrogen-bond donors (Lipinski definition) is 1. The normalized spacial score (nSPS) is 24.1. The second-order valence-corrected chi connectivity index (χ2v) is 4.15. The number of carboxylic acids is 1. The van der Waals surface area contributed by atoms with Crippen LogP contribution >= 0.6 is 0 Å². The summed E-state index contributed by atoms with van der Waals surface area (Å²) in [5.74, 6) is -2.35. The van der Waals surface area contributed by atoms with E-state index < -0.39 is 17.9 Å². The summed E-state index contributed by atoms with van der Waals surface area (Å²) in [6, 6.07) is 5.06. The van der Waals surface area contributed by atoms with Crippen molar-refractivity contribution in [3.8, 4) is 0 Å². The molecule has 1 aromatic rings. The van der Waals surface area contributed by atoms with Gasteiger partial charge in [0.15, 0.2) is 0 Å². The molecular weight excluding hydrogens is 225 g/mol. The zero-order valence-electron chi connectivity index (χ0n) is 9.26. The van der Waals surface area contributed by atoms with Gasteiger partial charge in [-0.3, -0.25) is 9.59 Å². The number of amides is 1. The van der Waals surface area contributed by atoms with Crippen molar-refractivity contribution >= 4 is 11.9 Å². The minimum Gasteiger partial charge on any atom is -0.481 e. The SMILES string of the molecule is CN1C(=O)C[C@H](C(=O)O)[C@H]1c1ccc(F)cc1. The van der Waals surface area contributed by atoms with Gasteiger partial charge in [0.2, 0.25) is 5.91 Å². The topological polar surface area (TPSA) is 57.6 Å². The molecule has 1 N–H and O–H groups in total. The average molecular weight is 237 g/mol. The molecule has 1 aliphatic rings. The van der Waals surface area contributed by atoms with Crippen LogP contribution in [0.1, 0.15) is 18.0 Å². The predicted molar refractivity (Wildman–Crippen MR) is 57.7 cm³/mol. The van der Waals surface area contributed by atoms with E-state index in [-0.39, 0.29) is 18.1 Å². The third-order valence-electron chi connectivity index (χ3n) is 3.12. The Bertz CT molecular complexity index is 457. The third-order valence-corrected chi connectivity index (χ3v) is 3.12. The molecule has 5 heteroatoms. The zero-order chi connectivity index (χ0) is 12.6. The summed E-state index contributed by atoms with van der Waals surface area (Å²) in [6.07, 6.45) is -0.00607. The number of aliphatic carboxylic acids is 1. The highest BCUT2D eigenvalue weighted by atomic mass is 19.1. The fourth-order valence-corrected chi connectivity index (χ4v) is 2.21. The maximum absolute atomic E-state index is 12.8. The van der Waals surface area contributed by atoms with Gasteiger partial charge in [0.25, 0.3) is 0 Å². The predicted octanol–water partition coefficient (Wildman–Crippen LogP) is 1.43. The van der Waals surface area contributed by atoms with Gasteiger partial charge >= 0.3 is 5.97 Å². The molecule has 1 amide bonds. The molecular formula is C12H12FNO3. The van der Waals surface area contributed by atoms with Gasteiger partial charge in [-0.15, -0.1) is 0 Å². The minimum absolute atomic E-state index is 0.00607. The molecule has 0 aromatic heterocycles. The van der Waals surface area contributed by atoms with Gasteiger partial charge in [-0.05, 0) is 17.7 Å². The fraction of sp³-hybridized carbons (Fsp3) is 0.333. The number of carbonyl (C=O) groups is 2. The van der Waals surface area contributed by atoms with Crippen molar-refractivity contribution in [3.05, 3.63) is 35.6 Å². The van der Waals surface area contributed by atoms with E-state index in [4.69, 9.17) is 5.11 Å². The van der Waals surface area contributed by atoms with Crippen molar-refractivity contribution in [2.24, 2.45) is 5.92 Å². The van der Waals surface area contributed by atoms with Gasteiger partial charge < -0.3 is 10.0 Å². The molecule has 90 valence electrons. The number of carboxylic acid groups (broad SMARTS) is 1. The van der Waals surface area contributed by atoms with Gasteiger partial charge in [-0.1, -0.05) is 12.1 Å². The number of nitrogens with zero attached hydrogens (tertiary/aromatic N) is 1. The van der Waals surface area contributed by atoms with Crippen molar-refractivity contribution < 1.29 is 19.1 Å². The number of halogens is 1. The molecule has 1 fully saturated rings. The number of benzene rings is 1. The van der Waals surface area contributed by atoms with Gasteiger partial charge in [0.05, 0.1) is 12.0 Å². The Hall–Kier alpha value is -1.91. The standard InChI is InChI=1S/C12H12FNO3/c1-14-10(15)6-9(12(16)17)11(14)7-2-4-8(13)5-3-7/h2-5,9,11H,6H2,1H3,(H,16,17)/t9-,11+/m0/s1. The van der Waals surface area contributed by atoms with Crippen LogP contribution in [0, 0.1) is 11.7 Å². The highest BCUT2D eigenvalue weighted by Crippen LogP contribution is 2.36. The van der Waals surface area contributed by atoms with Crippen molar-refractivity contribution in [2.45, 2.75) is 12.5 Å². The van der Waals surface area contributed by atoms with Crippen LogP contribution < -0.4 is 0 Å². The molecule has 0 aliphatic carbocycles. The van der Waals surface area contributed by atoms with Crippen LogP contribution in [0.4, 0.5) is 4.39 Å². The number of carbonyl (C=O) groups excluding carboxylic acids is 1. The van der Waals surface area contributed by atoms with E-state index in [0.29, 0.717) is 5.56 Å². The smallest absolute Gasteiger partial charge is 0.309 e. The molecule has 17 heavy (non-hydrogen) atoms. The summed E-state index contributed by atoms with van der Waals surface area (Å²) < 4.78 is 12.8. The van der Waals surface area contributed by atoms with E-state index in [1.54, 1.807) is 7.05 Å². The Kier molecular flexibility index (Phi) is 2.83. The molecule has 0 bridgehead atoms. The summed E-state index contributed by atoms with van der Waals surface area (Å²) in [6.45, 7) is 0. The van der Waals surface area contributed by atoms with Crippen molar-refractivity contribution in [1.82, 2.24) is 4.90 Å². The molecule has 0 radical (unpaired) electrons. The lowest BCUT2D eigenvalue weighted by Gasteiger charge is -2.23. The first-order valence-corrected chi connectivity index (χ1v) is 5.24. The van der Waals surface area contributed by atoms with Gasteiger partial charge in [-0.25, -0.2) is 4.39 Å². The Labute approximate surface area is 97.7 Å². The summed E-state index contributed by atoms with van der Waals surface area (Å²) in [5.41, 5.74) is 0.646. The fourth-order valence-electron chi connectivity index (χ4n) is 2.21. The van der Waals surface area contributed by atoms with Crippen LogP contribution in [0.15, 0.2) is 24.3 Å². The van der Waals surface area contributed by atoms with Crippen molar-refractivity contribution in [2.75, 3.05) is 7.05 Å². The Balaban J connectivity index is 2.37. The summed E-state index contributed by atoms with van der Waals surface area (Å²) in [7, 11) is 1.57. The van der Waals surface area contributed by atoms with E-state index in [1.165, 1.54) is 29.2 Å². The lowest BCUT2D eigenvalue weighted by Crippen LogP contribution is -2.26. The maximum atomic E-state index is 12.8. The molecule has 2 atom stereocenters. The van der Waals surface area contributed by atoms with E-state index in [1.807, 2.05) is 0 Å². The Morgan fingerprint density at radius 1 is 1.41 bits per heavy atom. The zero-order valence-corrected chi connectivity index (χ0v) is 9.26. The van der Waals surface area contributed by atoms with Crippen LogP contribution in [-0.2, 0) is 9.59 Å². The highest BCUT2D eigenvalue weighted by Gasteiger charge is 2.42. The molecule has 2 rings (SSSR count). The molecule has 4 nitrogen and oxygen atoms in total. The van der Waals surface area contributed by atoms with Crippen LogP contribution in [0.2, 0.25) is 0 Å². The lowest BCUT2D eigenvalue weighted by molar-refractivity contribution is -0.142. The third kappa shape index (κ3) is 2.00. The maximum Gasteiger partial charge on any atom is 0.309 e. The number of hydrogen-bond acceptors (Lipinski definition) is 2. The van der Waals surface area contributed by atoms with Crippen LogP contribution in [0.25, 0.3) is 0 Å². The Morgan fingerprint density at radius 3 is 2.53 bits per heavy atom. The van der Waals surface area contributed by atoms with E-state index in [0.717, 1.165) is 0 Å². The molecule has 1 aromatic carbocycles. The quantitative estimate of drug-likeness (QED) is 0.846. The molecule has 1 heterocycles. The molecule has 1 saturated heterocycles. The van der Waals surface area contributed by atoms with E-state index in [2.05, 4.69) is 0 Å². The monoisotopic (exact) mass is 237 g/mol. The van der Waals surface area contributed by atoms with Gasteiger partial charge in [0.1, 0.15) is 5.82 Å². The molecule has 0 saturated carbocycles. The van der Waals surface area contributed by atoms with Gasteiger partial charge in [-0.2, -0.15) is 0 Å². The first-order valence-electron chi connectivity index (χ1n) is 5.24. The van der Waals surface area contributed by atoms with Crippen LogP contribution in [-0.4, -0.2) is 28.9 Å². The number of rotatable bonds is 2. The highest BCUT2D eigenvalue weighted by molar-refractivity contribution is 5.87. The number of likely N-dealkylation sites (tertiary alicyclic amines) is 1. The first-order chi connectivity index (χ1) is 8.00. The molecule has 0 spiro atoms. The first kappa shape index (κ1) is 11.6. The largest absolute Gasteiger partial charge is 0.481 e. The van der Waals surface area contributed by atoms with Crippen LogP contribution in [0.3, 0.4) is 0 Å². The molecule has 1 aliphatic heterocycles. The summed E-state index contributed by atoms with van der Waals surface area (Å²) in [4.78, 5) is 24.0. The second-order valence-electron chi connectivity index (χ2n) is 4.15. The summed E-state index contributed by atoms with van der Waals surface area (Å²) in [5, 5.41) is 9.08. The summed E-state index contributed by atoms with van der Waals surface area (Å²) >= 11 is 0. The van der Waals surface area contributed by atoms with Gasteiger partial charge in [0, 0.05) is 13.5 Å².